The summed E-state index contributed by atoms with van der Waals surface area (Å²) in [6.07, 6.45) is 1.57. The van der Waals surface area contributed by atoms with Gasteiger partial charge in [-0.15, -0.1) is 6.58 Å². The fraction of sp³-hybridized carbons (Fsp3) is 0.263. The van der Waals surface area contributed by atoms with Gasteiger partial charge in [-0.2, -0.15) is 0 Å². The second-order valence-electron chi connectivity index (χ2n) is 5.56. The summed E-state index contributed by atoms with van der Waals surface area (Å²) in [6, 6.07) is 10.2. The van der Waals surface area contributed by atoms with Crippen LogP contribution in [0, 0.1) is 13.8 Å². The molecule has 0 saturated heterocycles. The quantitative estimate of drug-likeness (QED) is 0.706. The second kappa shape index (κ2) is 7.61. The van der Waals surface area contributed by atoms with Crippen LogP contribution in [0.5, 0.6) is 11.5 Å². The van der Waals surface area contributed by atoms with Crippen LogP contribution in [0.25, 0.3) is 0 Å². The van der Waals surface area contributed by atoms with Crippen molar-refractivity contribution in [2.45, 2.75) is 18.7 Å². The van der Waals surface area contributed by atoms with Crippen molar-refractivity contribution in [1.82, 2.24) is 0 Å². The predicted molar refractivity (Wildman–Crippen MR) is 100 cm³/mol. The molecular weight excluding hydrogens is 338 g/mol. The molecule has 0 amide bonds. The molecule has 134 valence electrons. The fourth-order valence-electron chi connectivity index (χ4n) is 2.55. The summed E-state index contributed by atoms with van der Waals surface area (Å²) in [7, 11) is -0.808. The lowest BCUT2D eigenvalue weighted by Crippen LogP contribution is -2.32. The van der Waals surface area contributed by atoms with Crippen LogP contribution >= 0.6 is 0 Å². The Morgan fingerprint density at radius 3 is 2.36 bits per heavy atom. The number of nitrogens with zero attached hydrogens (tertiary/aromatic N) is 1. The van der Waals surface area contributed by atoms with E-state index in [4.69, 9.17) is 9.47 Å². The molecule has 0 aliphatic carbocycles. The van der Waals surface area contributed by atoms with Gasteiger partial charge in [0.15, 0.2) is 11.5 Å². The molecule has 5 nitrogen and oxygen atoms in total. The minimum atomic E-state index is -3.79. The maximum absolute atomic E-state index is 13.2. The van der Waals surface area contributed by atoms with Crippen LogP contribution in [0.4, 0.5) is 5.69 Å². The Hall–Kier alpha value is -2.47. The topological polar surface area (TPSA) is 55.8 Å². The Balaban J connectivity index is 2.61. The lowest BCUT2D eigenvalue weighted by Gasteiger charge is -2.26. The van der Waals surface area contributed by atoms with Crippen LogP contribution in [0.1, 0.15) is 11.1 Å². The number of hydrogen-bond acceptors (Lipinski definition) is 4. The summed E-state index contributed by atoms with van der Waals surface area (Å²) in [4.78, 5) is 0.132. The Labute approximate surface area is 149 Å². The molecule has 0 fully saturated rings. The van der Waals surface area contributed by atoms with Gasteiger partial charge in [0.1, 0.15) is 0 Å². The van der Waals surface area contributed by atoms with Crippen LogP contribution in [-0.4, -0.2) is 29.2 Å². The van der Waals surface area contributed by atoms with E-state index in [2.05, 4.69) is 6.58 Å². The molecule has 2 aromatic rings. The average Bonchev–Trinajstić information content (AvgIpc) is 2.61. The number of anilines is 1. The minimum absolute atomic E-state index is 0.132. The zero-order valence-electron chi connectivity index (χ0n) is 14.9. The minimum Gasteiger partial charge on any atom is -0.493 e. The number of hydrogen-bond donors (Lipinski definition) is 0. The van der Waals surface area contributed by atoms with Crippen LogP contribution < -0.4 is 13.8 Å². The summed E-state index contributed by atoms with van der Waals surface area (Å²) in [5.74, 6) is 0.839. The summed E-state index contributed by atoms with van der Waals surface area (Å²) in [5, 5.41) is 0. The van der Waals surface area contributed by atoms with Crippen molar-refractivity contribution < 1.29 is 17.9 Å². The van der Waals surface area contributed by atoms with E-state index in [1.165, 1.54) is 30.7 Å². The standard InChI is InChI=1S/C19H23NO4S/c1-6-12-20(17-9-7-8-14(2)15(17)3)25(21,22)16-10-11-18(23-4)19(13-16)24-5/h6-11,13H,1,12H2,2-5H3. The van der Waals surface area contributed by atoms with Crippen LogP contribution in [0.15, 0.2) is 53.9 Å². The van der Waals surface area contributed by atoms with E-state index in [1.54, 1.807) is 18.2 Å². The van der Waals surface area contributed by atoms with Gasteiger partial charge < -0.3 is 9.47 Å². The lowest BCUT2D eigenvalue weighted by molar-refractivity contribution is 0.354. The monoisotopic (exact) mass is 361 g/mol. The van der Waals surface area contributed by atoms with E-state index in [0.717, 1.165) is 11.1 Å². The van der Waals surface area contributed by atoms with Gasteiger partial charge in [0, 0.05) is 6.07 Å². The van der Waals surface area contributed by atoms with Gasteiger partial charge in [-0.1, -0.05) is 18.2 Å². The van der Waals surface area contributed by atoms with Gasteiger partial charge in [0.25, 0.3) is 10.0 Å². The molecule has 0 aromatic heterocycles. The third-order valence-corrected chi connectivity index (χ3v) is 5.86. The van der Waals surface area contributed by atoms with E-state index in [9.17, 15) is 8.42 Å². The number of aryl methyl sites for hydroxylation is 1. The highest BCUT2D eigenvalue weighted by Gasteiger charge is 2.26. The molecule has 6 heteroatoms. The van der Waals surface area contributed by atoms with Crippen molar-refractivity contribution in [1.29, 1.82) is 0 Å². The smallest absolute Gasteiger partial charge is 0.264 e. The highest BCUT2D eigenvalue weighted by molar-refractivity contribution is 7.92. The van der Waals surface area contributed by atoms with Gasteiger partial charge >= 0.3 is 0 Å². The largest absolute Gasteiger partial charge is 0.493 e. The van der Waals surface area contributed by atoms with Crippen LogP contribution in [0.3, 0.4) is 0 Å². The Morgan fingerprint density at radius 2 is 1.76 bits per heavy atom. The fourth-order valence-corrected chi connectivity index (χ4v) is 4.06. The highest BCUT2D eigenvalue weighted by atomic mass is 32.2. The molecule has 25 heavy (non-hydrogen) atoms. The van der Waals surface area contributed by atoms with Crippen molar-refractivity contribution in [2.75, 3.05) is 25.1 Å². The summed E-state index contributed by atoms with van der Waals surface area (Å²) in [5.41, 5.74) is 2.57. The van der Waals surface area contributed by atoms with E-state index in [-0.39, 0.29) is 11.4 Å². The van der Waals surface area contributed by atoms with E-state index < -0.39 is 10.0 Å². The number of rotatable bonds is 7. The molecule has 0 heterocycles. The average molecular weight is 361 g/mol. The van der Waals surface area contributed by atoms with Crippen molar-refractivity contribution in [3.8, 4) is 11.5 Å². The number of ether oxygens (including phenoxy) is 2. The highest BCUT2D eigenvalue weighted by Crippen LogP contribution is 2.33. The van der Waals surface area contributed by atoms with Gasteiger partial charge in [-0.3, -0.25) is 4.31 Å². The maximum Gasteiger partial charge on any atom is 0.264 e. The van der Waals surface area contributed by atoms with Crippen LogP contribution in [-0.2, 0) is 10.0 Å². The number of methoxy groups -OCH3 is 2. The second-order valence-corrected chi connectivity index (χ2v) is 7.42. The molecule has 0 radical (unpaired) electrons. The summed E-state index contributed by atoms with van der Waals surface area (Å²) < 4.78 is 38.2. The normalized spacial score (nSPS) is 11.0. The molecule has 0 bridgehead atoms. The first-order valence-electron chi connectivity index (χ1n) is 7.78. The number of benzene rings is 2. The Kier molecular flexibility index (Phi) is 5.74. The zero-order valence-corrected chi connectivity index (χ0v) is 15.8. The number of sulfonamides is 1. The molecule has 0 N–H and O–H groups in total. The molecular formula is C19H23NO4S. The molecule has 0 aliphatic rings. The van der Waals surface area contributed by atoms with Gasteiger partial charge in [-0.05, 0) is 43.2 Å². The Bertz CT molecular complexity index is 875. The molecule has 0 spiro atoms. The Morgan fingerprint density at radius 1 is 1.08 bits per heavy atom. The molecule has 0 saturated carbocycles. The third-order valence-electron chi connectivity index (χ3n) is 4.08. The van der Waals surface area contributed by atoms with Gasteiger partial charge in [0.2, 0.25) is 0 Å². The van der Waals surface area contributed by atoms with Crippen molar-refractivity contribution in [3.05, 3.63) is 60.2 Å². The molecule has 0 aliphatic heterocycles. The first-order chi connectivity index (χ1) is 11.9. The zero-order chi connectivity index (χ0) is 18.6. The first-order valence-corrected chi connectivity index (χ1v) is 9.22. The van der Waals surface area contributed by atoms with E-state index in [0.29, 0.717) is 17.2 Å². The summed E-state index contributed by atoms with van der Waals surface area (Å²) in [6.45, 7) is 7.72. The van der Waals surface area contributed by atoms with Gasteiger partial charge in [-0.25, -0.2) is 8.42 Å². The summed E-state index contributed by atoms with van der Waals surface area (Å²) >= 11 is 0. The predicted octanol–water partition coefficient (Wildman–Crippen LogP) is 3.70. The van der Waals surface area contributed by atoms with Crippen molar-refractivity contribution in [3.63, 3.8) is 0 Å². The molecule has 2 aromatic carbocycles. The van der Waals surface area contributed by atoms with Crippen molar-refractivity contribution in [2.24, 2.45) is 0 Å². The SMILES string of the molecule is C=CCN(c1cccc(C)c1C)S(=O)(=O)c1ccc(OC)c(OC)c1. The molecule has 0 atom stereocenters. The third kappa shape index (κ3) is 3.64. The molecule has 2 rings (SSSR count). The maximum atomic E-state index is 13.2. The van der Waals surface area contributed by atoms with Gasteiger partial charge in [0.05, 0.1) is 31.3 Å². The van der Waals surface area contributed by atoms with E-state index >= 15 is 0 Å². The first kappa shape index (κ1) is 18.9. The lowest BCUT2D eigenvalue weighted by atomic mass is 10.1. The van der Waals surface area contributed by atoms with Crippen LogP contribution in [0.2, 0.25) is 0 Å². The van der Waals surface area contributed by atoms with E-state index in [1.807, 2.05) is 26.0 Å². The molecule has 0 unspecified atom stereocenters. The van der Waals surface area contributed by atoms with Crippen molar-refractivity contribution >= 4 is 15.7 Å².